The van der Waals surface area contributed by atoms with Gasteiger partial charge in [0.25, 0.3) is 6.33 Å². The number of ether oxygens (including phenoxy) is 1. The van der Waals surface area contributed by atoms with Crippen molar-refractivity contribution in [2.75, 3.05) is 26.2 Å². The first kappa shape index (κ1) is 24.7. The fraction of sp³-hybridized carbons (Fsp3) is 0.478. The van der Waals surface area contributed by atoms with Crippen LogP contribution in [0.1, 0.15) is 29.7 Å². The van der Waals surface area contributed by atoms with Crippen LogP contribution in [-0.4, -0.2) is 58.1 Å². The summed E-state index contributed by atoms with van der Waals surface area (Å²) in [7, 11) is 1.93. The second kappa shape index (κ2) is 10.4. The third-order valence-electron chi connectivity index (χ3n) is 6.61. The van der Waals surface area contributed by atoms with Gasteiger partial charge in [-0.3, -0.25) is 15.1 Å². The van der Waals surface area contributed by atoms with E-state index in [9.17, 15) is 9.90 Å². The standard InChI is InChI=1S/C23H30N6O3.ClH/c1-27-8-5-19(26-16-27)14-28-10-6-23(7-11-28,21(30)31)15-32-20-3-2-17-4-9-29(22(24)25)13-18(17)12-20;/h2-3,5,8,12,16H,4,6-7,9-11,13-15H2,1H3,(H3-,24,25,30,31);1H. The maximum atomic E-state index is 12.2. The zero-order valence-corrected chi connectivity index (χ0v) is 19.6. The lowest BCUT2D eigenvalue weighted by Crippen LogP contribution is -3.00. The molecule has 0 amide bonds. The summed E-state index contributed by atoms with van der Waals surface area (Å²) < 4.78 is 7.91. The Labute approximate surface area is 200 Å². The summed E-state index contributed by atoms with van der Waals surface area (Å²) in [5.74, 6) is -0.0700. The first-order chi connectivity index (χ1) is 15.3. The molecule has 2 aliphatic heterocycles. The molecule has 0 unspecified atom stereocenters. The molecule has 0 aliphatic carbocycles. The zero-order valence-electron chi connectivity index (χ0n) is 18.8. The number of rotatable bonds is 6. The molecular formula is C23H31ClN6O3. The number of nitrogens with zero attached hydrogens (tertiary/aromatic N) is 4. The Morgan fingerprint density at radius 3 is 2.67 bits per heavy atom. The highest BCUT2D eigenvalue weighted by atomic mass is 35.5. The molecule has 1 aromatic heterocycles. The molecule has 1 saturated heterocycles. The number of likely N-dealkylation sites (tertiary alicyclic amines) is 1. The van der Waals surface area contributed by atoms with Crippen molar-refractivity contribution in [2.45, 2.75) is 32.4 Å². The molecule has 0 bridgehead atoms. The summed E-state index contributed by atoms with van der Waals surface area (Å²) in [6, 6.07) is 7.89. The van der Waals surface area contributed by atoms with Gasteiger partial charge in [0.1, 0.15) is 17.8 Å². The Kier molecular flexibility index (Phi) is 7.76. The number of nitrogens with two attached hydrogens (primary N) is 1. The van der Waals surface area contributed by atoms with E-state index in [1.807, 2.05) is 47.0 Å². The normalized spacial score (nSPS) is 17.5. The minimum Gasteiger partial charge on any atom is -1.00 e. The number of carbonyl (C=O) groups is 1. The second-order valence-electron chi connectivity index (χ2n) is 8.85. The van der Waals surface area contributed by atoms with Crippen molar-refractivity contribution in [1.82, 2.24) is 14.8 Å². The largest absolute Gasteiger partial charge is 1.00 e. The molecule has 1 fully saturated rings. The van der Waals surface area contributed by atoms with Gasteiger partial charge in [0.15, 0.2) is 11.7 Å². The van der Waals surface area contributed by atoms with E-state index in [0.717, 1.165) is 30.8 Å². The average Bonchev–Trinajstić information content (AvgIpc) is 2.79. The smallest absolute Gasteiger partial charge is 0.313 e. The van der Waals surface area contributed by atoms with E-state index in [1.54, 1.807) is 6.33 Å². The minimum absolute atomic E-state index is 0. The van der Waals surface area contributed by atoms with Gasteiger partial charge in [0.2, 0.25) is 0 Å². The van der Waals surface area contributed by atoms with Crippen LogP contribution >= 0.6 is 0 Å². The van der Waals surface area contributed by atoms with Crippen LogP contribution in [0.25, 0.3) is 0 Å². The van der Waals surface area contributed by atoms with Crippen molar-refractivity contribution >= 4 is 11.9 Å². The fourth-order valence-electron chi connectivity index (χ4n) is 4.38. The Morgan fingerprint density at radius 1 is 1.27 bits per heavy atom. The molecule has 4 rings (SSSR count). The molecule has 178 valence electrons. The Morgan fingerprint density at radius 2 is 2.03 bits per heavy atom. The van der Waals surface area contributed by atoms with E-state index < -0.39 is 11.4 Å². The predicted molar refractivity (Wildman–Crippen MR) is 118 cm³/mol. The van der Waals surface area contributed by atoms with Crippen LogP contribution in [0.15, 0.2) is 36.8 Å². The third kappa shape index (κ3) is 5.72. The van der Waals surface area contributed by atoms with Crippen molar-refractivity contribution in [1.29, 1.82) is 5.41 Å². The topological polar surface area (TPSA) is 120 Å². The quantitative estimate of drug-likeness (QED) is 0.249. The number of carboxylic acid groups (broad SMARTS) is 1. The molecule has 2 aromatic rings. The average molecular weight is 475 g/mol. The van der Waals surface area contributed by atoms with E-state index in [4.69, 9.17) is 15.9 Å². The molecule has 9 nitrogen and oxygen atoms in total. The van der Waals surface area contributed by atoms with Crippen LogP contribution in [-0.2, 0) is 31.4 Å². The molecule has 2 aliphatic rings. The van der Waals surface area contributed by atoms with Gasteiger partial charge in [-0.25, -0.2) is 4.57 Å². The highest BCUT2D eigenvalue weighted by Crippen LogP contribution is 2.34. The van der Waals surface area contributed by atoms with Crippen LogP contribution in [0.3, 0.4) is 0 Å². The molecule has 0 atom stereocenters. The third-order valence-corrected chi connectivity index (χ3v) is 6.61. The number of piperidine rings is 1. The summed E-state index contributed by atoms with van der Waals surface area (Å²) in [5, 5.41) is 17.7. The van der Waals surface area contributed by atoms with E-state index in [0.29, 0.717) is 38.2 Å². The lowest BCUT2D eigenvalue weighted by atomic mass is 9.79. The summed E-state index contributed by atoms with van der Waals surface area (Å²) >= 11 is 0. The molecule has 1 aromatic carbocycles. The monoisotopic (exact) mass is 474 g/mol. The van der Waals surface area contributed by atoms with E-state index in [-0.39, 0.29) is 25.0 Å². The summed E-state index contributed by atoms with van der Waals surface area (Å²) in [5.41, 5.74) is 8.02. The number of aliphatic carboxylic acids is 1. The van der Waals surface area contributed by atoms with Gasteiger partial charge in [-0.1, -0.05) is 11.1 Å². The van der Waals surface area contributed by atoms with Gasteiger partial charge < -0.3 is 32.9 Å². The number of hydrogen-bond donors (Lipinski definition) is 3. The maximum Gasteiger partial charge on any atom is 0.313 e. The molecule has 33 heavy (non-hydrogen) atoms. The van der Waals surface area contributed by atoms with Gasteiger partial charge in [0.05, 0.1) is 19.8 Å². The van der Waals surface area contributed by atoms with Crippen molar-refractivity contribution < 1.29 is 31.6 Å². The van der Waals surface area contributed by atoms with Crippen LogP contribution in [0, 0.1) is 10.8 Å². The van der Waals surface area contributed by atoms with Crippen LogP contribution in [0.2, 0.25) is 0 Å². The fourth-order valence-corrected chi connectivity index (χ4v) is 4.38. The summed E-state index contributed by atoms with van der Waals surface area (Å²) in [6.45, 7) is 3.55. The number of nitrogens with one attached hydrogen (secondary N) is 1. The van der Waals surface area contributed by atoms with Gasteiger partial charge in [-0.05, 0) is 55.6 Å². The predicted octanol–water partition coefficient (Wildman–Crippen LogP) is -2.09. The maximum absolute atomic E-state index is 12.2. The Balaban J connectivity index is 0.00000306. The lowest BCUT2D eigenvalue weighted by Gasteiger charge is -2.38. The number of halogens is 1. The second-order valence-corrected chi connectivity index (χ2v) is 8.85. The van der Waals surface area contributed by atoms with E-state index >= 15 is 0 Å². The minimum atomic E-state index is -0.894. The van der Waals surface area contributed by atoms with Crippen molar-refractivity contribution in [3.05, 3.63) is 53.6 Å². The number of hydrogen-bond acceptors (Lipinski definition) is 5. The number of aromatic nitrogens is 2. The first-order valence-corrected chi connectivity index (χ1v) is 10.9. The van der Waals surface area contributed by atoms with Crippen LogP contribution in [0.5, 0.6) is 5.75 Å². The molecule has 0 saturated carbocycles. The van der Waals surface area contributed by atoms with Crippen molar-refractivity contribution in [3.8, 4) is 5.75 Å². The van der Waals surface area contributed by atoms with Gasteiger partial charge in [-0.15, -0.1) is 0 Å². The highest BCUT2D eigenvalue weighted by molar-refractivity contribution is 5.75. The molecule has 0 radical (unpaired) electrons. The summed E-state index contributed by atoms with van der Waals surface area (Å²) in [6.07, 6.45) is 5.65. The Bertz CT molecular complexity index is 992. The van der Waals surface area contributed by atoms with Crippen LogP contribution in [0.4, 0.5) is 0 Å². The SMILES string of the molecule is C[n+]1ccc(CN2CCC(COc3ccc4c(c3)CN(C(=N)N)CC4)(C(=O)O)CC2)nc1.[Cl-]. The molecule has 3 heterocycles. The molecule has 4 N–H and O–H groups in total. The number of carboxylic acids is 1. The number of guanidine groups is 1. The van der Waals surface area contributed by atoms with Gasteiger partial charge >= 0.3 is 5.97 Å². The number of benzene rings is 1. The van der Waals surface area contributed by atoms with E-state index in [1.165, 1.54) is 5.56 Å². The van der Waals surface area contributed by atoms with Crippen molar-refractivity contribution in [3.63, 3.8) is 0 Å². The zero-order chi connectivity index (χ0) is 22.7. The van der Waals surface area contributed by atoms with Crippen molar-refractivity contribution in [2.24, 2.45) is 18.2 Å². The lowest BCUT2D eigenvalue weighted by molar-refractivity contribution is -0.674. The van der Waals surface area contributed by atoms with Crippen LogP contribution < -0.4 is 27.4 Å². The number of aryl methyl sites for hydroxylation is 1. The molecule has 0 spiro atoms. The Hall–Kier alpha value is -2.91. The van der Waals surface area contributed by atoms with E-state index in [2.05, 4.69) is 9.88 Å². The number of fused-ring (bicyclic) bond motifs is 1. The van der Waals surface area contributed by atoms with Gasteiger partial charge in [0, 0.05) is 19.2 Å². The highest BCUT2D eigenvalue weighted by Gasteiger charge is 2.42. The first-order valence-electron chi connectivity index (χ1n) is 10.9. The molecule has 10 heteroatoms. The van der Waals surface area contributed by atoms with Gasteiger partial charge in [-0.2, -0.15) is 0 Å². The molecular weight excluding hydrogens is 444 g/mol. The summed E-state index contributed by atoms with van der Waals surface area (Å²) in [4.78, 5) is 20.7.